The number of sulfonamides is 1. The van der Waals surface area contributed by atoms with Crippen LogP contribution in [0.1, 0.15) is 0 Å². The second-order valence-electron chi connectivity index (χ2n) is 4.92. The fourth-order valence-corrected chi connectivity index (χ4v) is 5.55. The first-order valence-electron chi connectivity index (χ1n) is 6.86. The lowest BCUT2D eigenvalue weighted by atomic mass is 10.2. The van der Waals surface area contributed by atoms with Crippen LogP contribution < -0.4 is 9.62 Å². The Morgan fingerprint density at radius 3 is 2.61 bits per heavy atom. The number of anilines is 2. The quantitative estimate of drug-likeness (QED) is 0.790. The largest absolute Gasteiger partial charge is 0.378 e. The van der Waals surface area contributed by atoms with E-state index in [4.69, 9.17) is 16.3 Å². The molecular weight excluding hydrogens is 424 g/mol. The smallest absolute Gasteiger partial charge is 0.271 e. The van der Waals surface area contributed by atoms with Crippen LogP contribution in [-0.4, -0.2) is 34.7 Å². The monoisotopic (exact) mass is 436 g/mol. The van der Waals surface area contributed by atoms with Gasteiger partial charge < -0.3 is 9.64 Å². The number of nitrogens with one attached hydrogen (secondary N) is 1. The Kier molecular flexibility index (Phi) is 5.17. The lowest BCUT2D eigenvalue weighted by molar-refractivity contribution is 0.123. The van der Waals surface area contributed by atoms with Gasteiger partial charge in [-0.3, -0.25) is 4.72 Å². The average Bonchev–Trinajstić information content (AvgIpc) is 2.95. The Hall–Kier alpha value is -0.800. The third-order valence-electron chi connectivity index (χ3n) is 3.37. The number of thiophene rings is 1. The van der Waals surface area contributed by atoms with Crippen LogP contribution in [0, 0.1) is 0 Å². The fourth-order valence-electron chi connectivity index (χ4n) is 2.31. The molecule has 0 spiro atoms. The molecule has 2 heterocycles. The van der Waals surface area contributed by atoms with Crippen molar-refractivity contribution in [1.29, 1.82) is 0 Å². The van der Waals surface area contributed by atoms with Crippen LogP contribution in [0.3, 0.4) is 0 Å². The molecule has 9 heteroatoms. The minimum Gasteiger partial charge on any atom is -0.378 e. The first-order chi connectivity index (χ1) is 11.0. The van der Waals surface area contributed by atoms with E-state index in [2.05, 4.69) is 25.6 Å². The molecule has 1 N–H and O–H groups in total. The maximum absolute atomic E-state index is 12.6. The van der Waals surface area contributed by atoms with Gasteiger partial charge in [-0.05, 0) is 46.3 Å². The van der Waals surface area contributed by atoms with Crippen LogP contribution in [0.4, 0.5) is 11.4 Å². The molecule has 124 valence electrons. The summed E-state index contributed by atoms with van der Waals surface area (Å²) in [6, 6.07) is 8.49. The molecule has 0 bridgehead atoms. The van der Waals surface area contributed by atoms with Gasteiger partial charge in [0.05, 0.1) is 28.4 Å². The minimum absolute atomic E-state index is 0.247. The molecule has 1 aliphatic heterocycles. The van der Waals surface area contributed by atoms with Crippen molar-refractivity contribution in [3.05, 3.63) is 39.1 Å². The summed E-state index contributed by atoms with van der Waals surface area (Å²) < 4.78 is 34.1. The zero-order chi connectivity index (χ0) is 16.4. The van der Waals surface area contributed by atoms with E-state index in [9.17, 15) is 8.42 Å². The molecule has 2 aromatic rings. The number of ether oxygens (including phenoxy) is 1. The fraction of sp³-hybridized carbons (Fsp3) is 0.286. The number of morpholine rings is 1. The summed E-state index contributed by atoms with van der Waals surface area (Å²) in [6.07, 6.45) is 0. The van der Waals surface area contributed by atoms with Gasteiger partial charge in [-0.2, -0.15) is 0 Å². The van der Waals surface area contributed by atoms with E-state index in [-0.39, 0.29) is 4.21 Å². The molecule has 0 amide bonds. The Balaban J connectivity index is 1.93. The summed E-state index contributed by atoms with van der Waals surface area (Å²) in [6.45, 7) is 2.65. The van der Waals surface area contributed by atoms with Crippen molar-refractivity contribution in [3.8, 4) is 0 Å². The molecule has 3 rings (SSSR count). The summed E-state index contributed by atoms with van der Waals surface area (Å²) in [4.78, 5) is 2.09. The third kappa shape index (κ3) is 4.00. The summed E-state index contributed by atoms with van der Waals surface area (Å²) >= 11 is 10.5. The third-order valence-corrected chi connectivity index (χ3v) is 7.08. The first kappa shape index (κ1) is 17.0. The van der Waals surface area contributed by atoms with Gasteiger partial charge in [-0.15, -0.1) is 11.3 Å². The molecule has 0 saturated carbocycles. The second kappa shape index (κ2) is 6.98. The zero-order valence-electron chi connectivity index (χ0n) is 12.0. The van der Waals surface area contributed by atoms with Gasteiger partial charge in [0.2, 0.25) is 0 Å². The van der Waals surface area contributed by atoms with Gasteiger partial charge in [0.15, 0.2) is 0 Å². The maximum Gasteiger partial charge on any atom is 0.271 e. The lowest BCUT2D eigenvalue weighted by Gasteiger charge is -2.30. The molecule has 0 atom stereocenters. The van der Waals surface area contributed by atoms with Crippen molar-refractivity contribution >= 4 is 60.3 Å². The Labute approximate surface area is 152 Å². The topological polar surface area (TPSA) is 58.6 Å². The number of nitrogens with zero attached hydrogens (tertiary/aromatic N) is 1. The Bertz CT molecular complexity index is 804. The van der Waals surface area contributed by atoms with Crippen LogP contribution in [0.25, 0.3) is 0 Å². The van der Waals surface area contributed by atoms with E-state index in [1.54, 1.807) is 24.3 Å². The predicted octanol–water partition coefficient (Wildman–Crippen LogP) is 3.80. The molecule has 0 radical (unpaired) electrons. The van der Waals surface area contributed by atoms with Crippen molar-refractivity contribution in [1.82, 2.24) is 0 Å². The van der Waals surface area contributed by atoms with Crippen LogP contribution >= 0.6 is 38.9 Å². The van der Waals surface area contributed by atoms with Crippen LogP contribution in [0.5, 0.6) is 0 Å². The number of rotatable bonds is 4. The zero-order valence-corrected chi connectivity index (χ0v) is 15.9. The number of halogens is 2. The molecule has 1 aromatic heterocycles. The van der Waals surface area contributed by atoms with Gasteiger partial charge in [-0.1, -0.05) is 11.6 Å². The van der Waals surface area contributed by atoms with E-state index in [1.807, 2.05) is 6.07 Å². The van der Waals surface area contributed by atoms with Crippen LogP contribution in [-0.2, 0) is 14.8 Å². The molecule has 1 fully saturated rings. The molecule has 0 aliphatic carbocycles. The SMILES string of the molecule is O=S(=O)(Nc1cc(Cl)ccc1N1CCOCC1)c1ccc(Br)s1. The van der Waals surface area contributed by atoms with Crippen molar-refractivity contribution in [2.24, 2.45) is 0 Å². The summed E-state index contributed by atoms with van der Waals surface area (Å²) in [5.41, 5.74) is 1.28. The predicted molar refractivity (Wildman–Crippen MR) is 97.3 cm³/mol. The van der Waals surface area contributed by atoms with Gasteiger partial charge in [0.1, 0.15) is 4.21 Å². The molecule has 1 aliphatic rings. The Morgan fingerprint density at radius 1 is 1.22 bits per heavy atom. The van der Waals surface area contributed by atoms with E-state index in [0.29, 0.717) is 37.0 Å². The van der Waals surface area contributed by atoms with E-state index >= 15 is 0 Å². The minimum atomic E-state index is -3.65. The maximum atomic E-state index is 12.6. The first-order valence-corrected chi connectivity index (χ1v) is 10.3. The van der Waals surface area contributed by atoms with Gasteiger partial charge >= 0.3 is 0 Å². The van der Waals surface area contributed by atoms with Crippen molar-refractivity contribution in [3.63, 3.8) is 0 Å². The highest BCUT2D eigenvalue weighted by atomic mass is 79.9. The summed E-state index contributed by atoms with van der Waals surface area (Å²) in [5.74, 6) is 0. The van der Waals surface area contributed by atoms with Gasteiger partial charge in [-0.25, -0.2) is 8.42 Å². The van der Waals surface area contributed by atoms with E-state index in [1.165, 1.54) is 0 Å². The number of hydrogen-bond donors (Lipinski definition) is 1. The second-order valence-corrected chi connectivity index (χ2v) is 9.73. The molecule has 23 heavy (non-hydrogen) atoms. The highest BCUT2D eigenvalue weighted by molar-refractivity contribution is 9.11. The summed E-state index contributed by atoms with van der Waals surface area (Å²) in [5, 5.41) is 0.479. The van der Waals surface area contributed by atoms with Gasteiger partial charge in [0, 0.05) is 18.1 Å². The highest BCUT2D eigenvalue weighted by Crippen LogP contribution is 2.33. The normalized spacial score (nSPS) is 15.7. The lowest BCUT2D eigenvalue weighted by Crippen LogP contribution is -2.36. The Morgan fingerprint density at radius 2 is 1.96 bits per heavy atom. The molecule has 1 aromatic carbocycles. The van der Waals surface area contributed by atoms with Crippen molar-refractivity contribution < 1.29 is 13.2 Å². The van der Waals surface area contributed by atoms with Crippen LogP contribution in [0.2, 0.25) is 5.02 Å². The standard InChI is InChI=1S/C14H14BrClN2O3S2/c15-13-3-4-14(22-13)23(19,20)17-11-9-10(16)1-2-12(11)18-5-7-21-8-6-18/h1-4,9,17H,5-8H2. The van der Waals surface area contributed by atoms with Crippen LogP contribution in [0.15, 0.2) is 38.3 Å². The number of benzene rings is 1. The number of hydrogen-bond acceptors (Lipinski definition) is 5. The summed E-state index contributed by atoms with van der Waals surface area (Å²) in [7, 11) is -3.65. The van der Waals surface area contributed by atoms with Crippen molar-refractivity contribution in [2.45, 2.75) is 4.21 Å². The molecule has 5 nitrogen and oxygen atoms in total. The van der Waals surface area contributed by atoms with Crippen molar-refractivity contribution in [2.75, 3.05) is 35.9 Å². The van der Waals surface area contributed by atoms with Gasteiger partial charge in [0.25, 0.3) is 10.0 Å². The van der Waals surface area contributed by atoms with E-state index in [0.717, 1.165) is 20.8 Å². The molecule has 0 unspecified atom stereocenters. The van der Waals surface area contributed by atoms with E-state index < -0.39 is 10.0 Å². The molecule has 1 saturated heterocycles. The molecular formula is C14H14BrClN2O3S2. The highest BCUT2D eigenvalue weighted by Gasteiger charge is 2.21. The average molecular weight is 438 g/mol.